The van der Waals surface area contributed by atoms with Gasteiger partial charge >= 0.3 is 5.22 Å². The van der Waals surface area contributed by atoms with Gasteiger partial charge in [-0.05, 0) is 36.4 Å². The summed E-state index contributed by atoms with van der Waals surface area (Å²) in [7, 11) is -3.56. The summed E-state index contributed by atoms with van der Waals surface area (Å²) in [6.07, 6.45) is 0.989. The molecule has 1 N–H and O–H groups in total. The average molecular weight is 458 g/mol. The summed E-state index contributed by atoms with van der Waals surface area (Å²) >= 11 is 0. The molecule has 0 unspecified atom stereocenters. The number of ether oxygens (including phenoxy) is 1. The van der Waals surface area contributed by atoms with Crippen LogP contribution < -0.4 is 10.1 Å². The summed E-state index contributed by atoms with van der Waals surface area (Å²) in [5.41, 5.74) is 1.59. The van der Waals surface area contributed by atoms with E-state index in [0.29, 0.717) is 22.4 Å². The molecule has 9 nitrogen and oxygen atoms in total. The molecule has 3 aromatic rings. The number of Topliss-reactive ketones (excluding diaryl/α,β-unsaturated/α-hetero) is 1. The van der Waals surface area contributed by atoms with Crippen LogP contribution in [0.2, 0.25) is 0 Å². The Hall–Kier alpha value is -3.53. The van der Waals surface area contributed by atoms with Gasteiger partial charge in [-0.15, -0.1) is 5.10 Å². The predicted molar refractivity (Wildman–Crippen MR) is 116 cm³/mol. The number of hydrogen-bond acceptors (Lipinski definition) is 8. The molecule has 2 aromatic carbocycles. The molecule has 0 radical (unpaired) electrons. The SMILES string of the molecule is CC(C)C(=O)c1ccc(C(=O)NCCOc2ccc(-c3nnc(S(C)(=O)=O)o3)cc2)cc1. The number of nitrogens with one attached hydrogen (secondary N) is 1. The van der Waals surface area contributed by atoms with E-state index in [1.54, 1.807) is 48.5 Å². The van der Waals surface area contributed by atoms with E-state index in [1.165, 1.54) is 0 Å². The van der Waals surface area contributed by atoms with Gasteiger partial charge in [-0.3, -0.25) is 9.59 Å². The number of ketones is 1. The third kappa shape index (κ3) is 5.79. The van der Waals surface area contributed by atoms with Gasteiger partial charge in [0.2, 0.25) is 15.7 Å². The number of nitrogens with zero attached hydrogens (tertiary/aromatic N) is 2. The highest BCUT2D eigenvalue weighted by Crippen LogP contribution is 2.22. The van der Waals surface area contributed by atoms with Crippen molar-refractivity contribution in [3.05, 3.63) is 59.7 Å². The maximum Gasteiger partial charge on any atom is 0.335 e. The van der Waals surface area contributed by atoms with Crippen molar-refractivity contribution in [3.63, 3.8) is 0 Å². The average Bonchev–Trinajstić information content (AvgIpc) is 3.27. The number of carbonyl (C=O) groups excluding carboxylic acids is 2. The number of aromatic nitrogens is 2. The lowest BCUT2D eigenvalue weighted by Crippen LogP contribution is -2.28. The fourth-order valence-electron chi connectivity index (χ4n) is 2.72. The molecule has 0 aliphatic rings. The van der Waals surface area contributed by atoms with Gasteiger partial charge in [-0.1, -0.05) is 31.1 Å². The maximum atomic E-state index is 12.2. The van der Waals surface area contributed by atoms with Crippen molar-refractivity contribution in [2.75, 3.05) is 19.4 Å². The Morgan fingerprint density at radius 1 is 1.00 bits per heavy atom. The van der Waals surface area contributed by atoms with Crippen LogP contribution in [0.5, 0.6) is 5.75 Å². The normalized spacial score (nSPS) is 11.4. The number of hydrogen-bond donors (Lipinski definition) is 1. The van der Waals surface area contributed by atoms with Gasteiger partial charge in [0.25, 0.3) is 5.91 Å². The van der Waals surface area contributed by atoms with Gasteiger partial charge in [0.15, 0.2) is 5.78 Å². The molecule has 1 aromatic heterocycles. The largest absolute Gasteiger partial charge is 0.492 e. The molecule has 0 fully saturated rings. The number of benzene rings is 2. The van der Waals surface area contributed by atoms with Crippen molar-refractivity contribution in [1.82, 2.24) is 15.5 Å². The molecule has 0 saturated heterocycles. The topological polar surface area (TPSA) is 128 Å². The summed E-state index contributed by atoms with van der Waals surface area (Å²) in [6.45, 7) is 4.19. The lowest BCUT2D eigenvalue weighted by atomic mass is 10.00. The minimum absolute atomic E-state index is 0.0336. The van der Waals surface area contributed by atoms with E-state index in [1.807, 2.05) is 13.8 Å². The minimum atomic E-state index is -3.56. The van der Waals surface area contributed by atoms with Crippen molar-refractivity contribution in [1.29, 1.82) is 0 Å². The molecule has 0 bridgehead atoms. The van der Waals surface area contributed by atoms with Crippen LogP contribution >= 0.6 is 0 Å². The molecular formula is C22H23N3O6S. The van der Waals surface area contributed by atoms with Crippen molar-refractivity contribution in [3.8, 4) is 17.2 Å². The highest BCUT2D eigenvalue weighted by molar-refractivity contribution is 7.90. The molecule has 10 heteroatoms. The zero-order valence-electron chi connectivity index (χ0n) is 17.9. The molecule has 0 atom stereocenters. The van der Waals surface area contributed by atoms with Crippen LogP contribution in [0.3, 0.4) is 0 Å². The van der Waals surface area contributed by atoms with Crippen LogP contribution in [0, 0.1) is 5.92 Å². The van der Waals surface area contributed by atoms with E-state index < -0.39 is 15.1 Å². The van der Waals surface area contributed by atoms with Crippen LogP contribution in [0.25, 0.3) is 11.5 Å². The second kappa shape index (κ2) is 9.73. The van der Waals surface area contributed by atoms with E-state index in [-0.39, 0.29) is 36.7 Å². The summed E-state index contributed by atoms with van der Waals surface area (Å²) in [5, 5.41) is 9.56. The van der Waals surface area contributed by atoms with Crippen LogP contribution in [0.15, 0.2) is 58.2 Å². The number of amides is 1. The lowest BCUT2D eigenvalue weighted by Gasteiger charge is -2.09. The quantitative estimate of drug-likeness (QED) is 0.384. The van der Waals surface area contributed by atoms with Gasteiger partial charge in [0, 0.05) is 28.9 Å². The molecule has 1 heterocycles. The van der Waals surface area contributed by atoms with E-state index >= 15 is 0 Å². The third-order valence-electron chi connectivity index (χ3n) is 4.44. The van der Waals surface area contributed by atoms with Crippen molar-refractivity contribution >= 4 is 21.5 Å². The van der Waals surface area contributed by atoms with E-state index in [2.05, 4.69) is 15.5 Å². The smallest absolute Gasteiger partial charge is 0.335 e. The maximum absolute atomic E-state index is 12.2. The molecule has 168 valence electrons. The van der Waals surface area contributed by atoms with Gasteiger partial charge in [-0.2, -0.15) is 0 Å². The Bertz CT molecular complexity index is 1200. The Balaban J connectivity index is 1.48. The second-order valence-corrected chi connectivity index (χ2v) is 9.26. The minimum Gasteiger partial charge on any atom is -0.492 e. The molecule has 0 aliphatic carbocycles. The first-order chi connectivity index (χ1) is 15.1. The molecule has 0 spiro atoms. The fraction of sp³-hybridized carbons (Fsp3) is 0.273. The van der Waals surface area contributed by atoms with Gasteiger partial charge in [-0.25, -0.2) is 8.42 Å². The lowest BCUT2D eigenvalue weighted by molar-refractivity contribution is 0.0931. The first-order valence-electron chi connectivity index (χ1n) is 9.84. The molecule has 32 heavy (non-hydrogen) atoms. The van der Waals surface area contributed by atoms with Crippen molar-refractivity contribution in [2.45, 2.75) is 19.1 Å². The summed E-state index contributed by atoms with van der Waals surface area (Å²) < 4.78 is 33.6. The van der Waals surface area contributed by atoms with Gasteiger partial charge in [0.05, 0.1) is 6.54 Å². The second-order valence-electron chi connectivity index (χ2n) is 7.37. The molecule has 0 saturated carbocycles. The van der Waals surface area contributed by atoms with Crippen LogP contribution in [-0.2, 0) is 9.84 Å². The Labute approximate surface area is 185 Å². The molecular weight excluding hydrogens is 434 g/mol. The summed E-state index contributed by atoms with van der Waals surface area (Å²) in [5.74, 6) is 0.322. The standard InChI is InChI=1S/C22H23N3O6S/c1-14(2)19(26)15-4-6-16(7-5-15)20(27)23-12-13-30-18-10-8-17(9-11-18)21-24-25-22(31-21)32(3,28)29/h4-11,14H,12-13H2,1-3H3,(H,23,27). The van der Waals surface area contributed by atoms with Crippen LogP contribution in [-0.4, -0.2) is 49.7 Å². The van der Waals surface area contributed by atoms with Crippen molar-refractivity contribution < 1.29 is 27.2 Å². The Morgan fingerprint density at radius 2 is 1.62 bits per heavy atom. The number of carbonyl (C=O) groups is 2. The predicted octanol–water partition coefficient (Wildman–Crippen LogP) is 2.79. The third-order valence-corrected chi connectivity index (χ3v) is 5.24. The van der Waals surface area contributed by atoms with E-state index in [9.17, 15) is 18.0 Å². The molecule has 3 rings (SSSR count). The first-order valence-corrected chi connectivity index (χ1v) is 11.7. The number of sulfone groups is 1. The van der Waals surface area contributed by atoms with E-state index in [0.717, 1.165) is 6.26 Å². The van der Waals surface area contributed by atoms with Gasteiger partial charge < -0.3 is 14.5 Å². The summed E-state index contributed by atoms with van der Waals surface area (Å²) in [6, 6.07) is 13.2. The van der Waals surface area contributed by atoms with Gasteiger partial charge in [0.1, 0.15) is 12.4 Å². The Kier molecular flexibility index (Phi) is 7.04. The number of rotatable bonds is 9. The summed E-state index contributed by atoms with van der Waals surface area (Å²) in [4.78, 5) is 24.2. The zero-order chi connectivity index (χ0) is 23.3. The van der Waals surface area contributed by atoms with Crippen molar-refractivity contribution in [2.24, 2.45) is 5.92 Å². The highest BCUT2D eigenvalue weighted by atomic mass is 32.2. The highest BCUT2D eigenvalue weighted by Gasteiger charge is 2.17. The molecule has 1 amide bonds. The van der Waals surface area contributed by atoms with E-state index in [4.69, 9.17) is 9.15 Å². The fourth-order valence-corrected chi connectivity index (χ4v) is 3.14. The zero-order valence-corrected chi connectivity index (χ0v) is 18.7. The van der Waals surface area contributed by atoms with Crippen LogP contribution in [0.1, 0.15) is 34.6 Å². The van der Waals surface area contributed by atoms with Crippen LogP contribution in [0.4, 0.5) is 0 Å². The monoisotopic (exact) mass is 457 g/mol. The Morgan fingerprint density at radius 3 is 2.19 bits per heavy atom. The molecule has 0 aliphatic heterocycles. The first kappa shape index (κ1) is 23.1.